The van der Waals surface area contributed by atoms with Gasteiger partial charge in [0.15, 0.2) is 0 Å². The zero-order valence-corrected chi connectivity index (χ0v) is 9.27. The fourth-order valence-electron chi connectivity index (χ4n) is 0.808. The molecule has 11 heavy (non-hydrogen) atoms. The summed E-state index contributed by atoms with van der Waals surface area (Å²) in [5.41, 5.74) is 1.35. The molecule has 62 valence electrons. The predicted octanol–water partition coefficient (Wildman–Crippen LogP) is 2.64. The van der Waals surface area contributed by atoms with Gasteiger partial charge in [0.05, 0.1) is 0 Å². The lowest BCUT2D eigenvalue weighted by molar-refractivity contribution is 0.552. The van der Waals surface area contributed by atoms with E-state index in [0.29, 0.717) is 0 Å². The van der Waals surface area contributed by atoms with Crippen LogP contribution in [0, 0.1) is 0 Å². The summed E-state index contributed by atoms with van der Waals surface area (Å²) in [6, 6.07) is 0. The van der Waals surface area contributed by atoms with Crippen molar-refractivity contribution in [3.05, 3.63) is 17.7 Å². The summed E-state index contributed by atoms with van der Waals surface area (Å²) in [6.45, 7) is 6.47. The first-order valence-electron chi connectivity index (χ1n) is 3.64. The third-order valence-electron chi connectivity index (χ3n) is 1.48. The van der Waals surface area contributed by atoms with Crippen molar-refractivity contribution < 1.29 is 0 Å². The Balaban J connectivity index is 2.89. The molecule has 0 radical (unpaired) electrons. The van der Waals surface area contributed by atoms with Crippen LogP contribution in [-0.2, 0) is 9.84 Å². The average molecular weight is 264 g/mol. The van der Waals surface area contributed by atoms with Crippen LogP contribution in [0.2, 0.25) is 0 Å². The van der Waals surface area contributed by atoms with E-state index in [9.17, 15) is 0 Å². The molecule has 0 atom stereocenters. The summed E-state index contributed by atoms with van der Waals surface area (Å²) < 4.78 is 1.00. The fraction of sp³-hybridized carbons (Fsp3) is 0.625. The molecule has 1 aromatic rings. The number of imidazole rings is 1. The van der Waals surface area contributed by atoms with Gasteiger partial charge in [0.2, 0.25) is 0 Å². The van der Waals surface area contributed by atoms with Crippen molar-refractivity contribution in [3.8, 4) is 0 Å². The summed E-state index contributed by atoms with van der Waals surface area (Å²) in [6.07, 6.45) is 1.91. The molecule has 3 heteroatoms. The van der Waals surface area contributed by atoms with Crippen LogP contribution in [0.4, 0.5) is 0 Å². The largest absolute Gasteiger partial charge is 0.345 e. The molecule has 1 N–H and O–H groups in total. The van der Waals surface area contributed by atoms with Gasteiger partial charge in [0.25, 0.3) is 0 Å². The zero-order valence-electron chi connectivity index (χ0n) is 7.11. The first-order chi connectivity index (χ1) is 5.04. The molecule has 0 amide bonds. The van der Waals surface area contributed by atoms with Crippen LogP contribution >= 0.6 is 22.6 Å². The molecule has 0 aromatic carbocycles. The van der Waals surface area contributed by atoms with Gasteiger partial charge in [-0.1, -0.05) is 43.4 Å². The highest BCUT2D eigenvalue weighted by molar-refractivity contribution is 14.1. The summed E-state index contributed by atoms with van der Waals surface area (Å²) >= 11 is 2.32. The minimum atomic E-state index is 0.143. The lowest BCUT2D eigenvalue weighted by Crippen LogP contribution is -2.13. The second kappa shape index (κ2) is 3.13. The molecule has 1 rings (SSSR count). The lowest BCUT2D eigenvalue weighted by Gasteiger charge is -2.13. The third-order valence-corrected chi connectivity index (χ3v) is 2.30. The summed E-state index contributed by atoms with van der Waals surface area (Å²) in [4.78, 5) is 7.58. The lowest BCUT2D eigenvalue weighted by atomic mass is 9.96. The topological polar surface area (TPSA) is 28.7 Å². The van der Waals surface area contributed by atoms with Gasteiger partial charge in [-0.05, 0) is 0 Å². The molecule has 1 heterocycles. The van der Waals surface area contributed by atoms with Gasteiger partial charge in [0.1, 0.15) is 5.82 Å². The Morgan fingerprint density at radius 2 is 2.18 bits per heavy atom. The number of aromatic amines is 1. The maximum absolute atomic E-state index is 4.30. The van der Waals surface area contributed by atoms with Gasteiger partial charge >= 0.3 is 0 Å². The van der Waals surface area contributed by atoms with Crippen LogP contribution in [0.3, 0.4) is 0 Å². The van der Waals surface area contributed by atoms with Crippen molar-refractivity contribution in [1.82, 2.24) is 9.97 Å². The van der Waals surface area contributed by atoms with E-state index < -0.39 is 0 Å². The fourth-order valence-corrected chi connectivity index (χ4v) is 1.20. The van der Waals surface area contributed by atoms with E-state index in [0.717, 1.165) is 10.3 Å². The number of nitrogens with one attached hydrogen (secondary N) is 1. The number of hydrogen-bond donors (Lipinski definition) is 1. The average Bonchev–Trinajstić information content (AvgIpc) is 2.32. The monoisotopic (exact) mass is 264 g/mol. The predicted molar refractivity (Wildman–Crippen MR) is 55.0 cm³/mol. The van der Waals surface area contributed by atoms with Gasteiger partial charge in [-0.15, -0.1) is 0 Å². The molecule has 0 spiro atoms. The molecular weight excluding hydrogens is 251 g/mol. The Hall–Kier alpha value is -0.0600. The number of H-pyrrole nitrogens is 1. The quantitative estimate of drug-likeness (QED) is 0.613. The number of hydrogen-bond acceptors (Lipinski definition) is 1. The van der Waals surface area contributed by atoms with Crippen LogP contribution in [0.15, 0.2) is 6.20 Å². The Morgan fingerprint density at radius 1 is 1.55 bits per heavy atom. The highest BCUT2D eigenvalue weighted by Crippen LogP contribution is 2.18. The van der Waals surface area contributed by atoms with E-state index in [1.165, 1.54) is 5.69 Å². The number of nitrogens with zero attached hydrogens (tertiary/aromatic N) is 1. The zero-order chi connectivity index (χ0) is 8.48. The Labute approximate surface area is 80.9 Å². The van der Waals surface area contributed by atoms with Crippen molar-refractivity contribution in [2.24, 2.45) is 0 Å². The Morgan fingerprint density at radius 3 is 2.45 bits per heavy atom. The number of aromatic nitrogens is 2. The Kier molecular flexibility index (Phi) is 2.57. The first kappa shape index (κ1) is 9.03. The molecule has 0 unspecified atom stereocenters. The molecule has 2 nitrogen and oxygen atoms in total. The van der Waals surface area contributed by atoms with Gasteiger partial charge < -0.3 is 4.98 Å². The van der Waals surface area contributed by atoms with Crippen LogP contribution in [0.5, 0.6) is 0 Å². The van der Waals surface area contributed by atoms with Crippen LogP contribution in [0.25, 0.3) is 0 Å². The maximum Gasteiger partial charge on any atom is 0.111 e. The van der Waals surface area contributed by atoms with Gasteiger partial charge in [0, 0.05) is 21.7 Å². The highest BCUT2D eigenvalue weighted by Gasteiger charge is 2.16. The maximum atomic E-state index is 4.30. The summed E-state index contributed by atoms with van der Waals surface area (Å²) in [5.74, 6) is 1.07. The van der Waals surface area contributed by atoms with E-state index in [1.54, 1.807) is 0 Å². The smallest absolute Gasteiger partial charge is 0.111 e. The molecule has 0 fully saturated rings. The molecule has 0 aliphatic rings. The van der Waals surface area contributed by atoms with Crippen molar-refractivity contribution in [1.29, 1.82) is 0 Å². The third kappa shape index (κ3) is 2.18. The van der Waals surface area contributed by atoms with Crippen molar-refractivity contribution in [2.75, 3.05) is 0 Å². The van der Waals surface area contributed by atoms with Crippen LogP contribution < -0.4 is 0 Å². The van der Waals surface area contributed by atoms with E-state index in [2.05, 4.69) is 53.3 Å². The molecule has 0 aliphatic heterocycles. The first-order valence-corrected chi connectivity index (χ1v) is 5.17. The molecule has 0 saturated heterocycles. The summed E-state index contributed by atoms with van der Waals surface area (Å²) in [5, 5.41) is 0. The Bertz CT molecular complexity index is 234. The molecule has 1 aromatic heterocycles. The van der Waals surface area contributed by atoms with Gasteiger partial charge in [-0.3, -0.25) is 0 Å². The second-order valence-corrected chi connectivity index (χ2v) is 4.40. The van der Waals surface area contributed by atoms with Crippen molar-refractivity contribution in [3.63, 3.8) is 0 Å². The molecular formula is C8H13IN2. The minimum absolute atomic E-state index is 0.143. The van der Waals surface area contributed by atoms with Gasteiger partial charge in [-0.2, -0.15) is 0 Å². The van der Waals surface area contributed by atoms with Crippen molar-refractivity contribution >= 4 is 22.6 Å². The minimum Gasteiger partial charge on any atom is -0.345 e. The van der Waals surface area contributed by atoms with Gasteiger partial charge in [-0.25, -0.2) is 4.98 Å². The number of alkyl halides is 1. The molecule has 0 bridgehead atoms. The van der Waals surface area contributed by atoms with E-state index in [-0.39, 0.29) is 5.41 Å². The molecule has 0 saturated carbocycles. The van der Waals surface area contributed by atoms with E-state index in [4.69, 9.17) is 0 Å². The van der Waals surface area contributed by atoms with E-state index >= 15 is 0 Å². The number of rotatable bonds is 1. The summed E-state index contributed by atoms with van der Waals surface area (Å²) in [7, 11) is 0. The van der Waals surface area contributed by atoms with Crippen LogP contribution in [-0.4, -0.2) is 9.97 Å². The van der Waals surface area contributed by atoms with Crippen LogP contribution in [0.1, 0.15) is 32.3 Å². The highest BCUT2D eigenvalue weighted by atomic mass is 127. The second-order valence-electron chi connectivity index (χ2n) is 3.64. The van der Waals surface area contributed by atoms with Crippen molar-refractivity contribution in [2.45, 2.75) is 30.6 Å². The number of halogens is 1. The standard InChI is InChI=1S/C8H13IN2/c1-8(2,3)7-10-5-6(4-9)11-7/h5H,4H2,1-3H3,(H,10,11). The normalized spacial score (nSPS) is 12.0. The van der Waals surface area contributed by atoms with E-state index in [1.807, 2.05) is 6.20 Å². The SMILES string of the molecule is CC(C)(C)c1ncc(CI)[nH]1. The molecule has 0 aliphatic carbocycles.